The SMILES string of the molecule is CCCCCCCCCCOP(=O)(O)OC. The van der Waals surface area contributed by atoms with Crippen LogP contribution in [0.25, 0.3) is 0 Å². The van der Waals surface area contributed by atoms with E-state index in [9.17, 15) is 4.57 Å². The van der Waals surface area contributed by atoms with Crippen LogP contribution < -0.4 is 0 Å². The molecule has 0 aliphatic rings. The second-order valence-electron chi connectivity index (χ2n) is 3.96. The van der Waals surface area contributed by atoms with Gasteiger partial charge >= 0.3 is 7.82 Å². The lowest BCUT2D eigenvalue weighted by atomic mass is 10.1. The number of phosphoric acid groups is 1. The molecule has 0 heterocycles. The molecule has 5 heteroatoms. The minimum Gasteiger partial charge on any atom is -0.303 e. The molecule has 0 fully saturated rings. The first-order valence-electron chi connectivity index (χ1n) is 6.15. The molecule has 0 saturated heterocycles. The van der Waals surface area contributed by atoms with Gasteiger partial charge in [-0.15, -0.1) is 0 Å². The molecule has 1 atom stereocenters. The minimum atomic E-state index is -3.74. The Labute approximate surface area is 99.0 Å². The van der Waals surface area contributed by atoms with Crippen LogP contribution in [-0.4, -0.2) is 18.6 Å². The first-order valence-corrected chi connectivity index (χ1v) is 7.65. The Balaban J connectivity index is 3.13. The predicted molar refractivity (Wildman–Crippen MR) is 65.4 cm³/mol. The number of hydrogen-bond donors (Lipinski definition) is 1. The highest BCUT2D eigenvalue weighted by Crippen LogP contribution is 2.41. The quantitative estimate of drug-likeness (QED) is 0.447. The van der Waals surface area contributed by atoms with Gasteiger partial charge in [0, 0.05) is 7.11 Å². The Morgan fingerprint density at radius 1 is 1.00 bits per heavy atom. The summed E-state index contributed by atoms with van der Waals surface area (Å²) in [5, 5.41) is 0. The molecular formula is C11H25O4P. The smallest absolute Gasteiger partial charge is 0.303 e. The monoisotopic (exact) mass is 252 g/mol. The van der Waals surface area contributed by atoms with Gasteiger partial charge in [0.2, 0.25) is 0 Å². The molecule has 0 aliphatic carbocycles. The highest BCUT2D eigenvalue weighted by atomic mass is 31.2. The van der Waals surface area contributed by atoms with E-state index in [2.05, 4.69) is 11.4 Å². The first kappa shape index (κ1) is 16.1. The Morgan fingerprint density at radius 3 is 2.00 bits per heavy atom. The summed E-state index contributed by atoms with van der Waals surface area (Å²) in [6.45, 7) is 2.51. The molecule has 1 unspecified atom stereocenters. The number of hydrogen-bond acceptors (Lipinski definition) is 3. The second-order valence-corrected chi connectivity index (χ2v) is 5.52. The van der Waals surface area contributed by atoms with Gasteiger partial charge in [-0.25, -0.2) is 4.57 Å². The van der Waals surface area contributed by atoms with Crippen LogP contribution >= 0.6 is 7.82 Å². The molecule has 0 bridgehead atoms. The molecular weight excluding hydrogens is 227 g/mol. The lowest BCUT2D eigenvalue weighted by Crippen LogP contribution is -1.94. The average molecular weight is 252 g/mol. The fraction of sp³-hybridized carbons (Fsp3) is 1.00. The third kappa shape index (κ3) is 10.6. The number of phosphoric ester groups is 1. The molecule has 0 radical (unpaired) electrons. The van der Waals surface area contributed by atoms with Crippen LogP contribution in [0.15, 0.2) is 0 Å². The highest BCUT2D eigenvalue weighted by Gasteiger charge is 2.16. The second kappa shape index (κ2) is 10.3. The summed E-state index contributed by atoms with van der Waals surface area (Å²) in [4.78, 5) is 8.93. The maximum atomic E-state index is 10.9. The van der Waals surface area contributed by atoms with Crippen LogP contribution in [0.5, 0.6) is 0 Å². The van der Waals surface area contributed by atoms with Crippen molar-refractivity contribution in [2.24, 2.45) is 0 Å². The van der Waals surface area contributed by atoms with E-state index in [1.165, 1.54) is 45.6 Å². The third-order valence-corrected chi connectivity index (χ3v) is 3.45. The van der Waals surface area contributed by atoms with Crippen molar-refractivity contribution in [2.75, 3.05) is 13.7 Å². The van der Waals surface area contributed by atoms with Gasteiger partial charge in [-0.05, 0) is 6.42 Å². The van der Waals surface area contributed by atoms with Crippen LogP contribution in [-0.2, 0) is 13.6 Å². The molecule has 1 N–H and O–H groups in total. The van der Waals surface area contributed by atoms with E-state index < -0.39 is 7.82 Å². The van der Waals surface area contributed by atoms with Crippen LogP contribution in [0.3, 0.4) is 0 Å². The van der Waals surface area contributed by atoms with Crippen molar-refractivity contribution in [2.45, 2.75) is 58.3 Å². The molecule has 0 spiro atoms. The normalized spacial score (nSPS) is 14.9. The standard InChI is InChI=1S/C11H25O4P/c1-3-4-5-6-7-8-9-10-11-15-16(12,13)14-2/h3-11H2,1-2H3,(H,12,13). The van der Waals surface area contributed by atoms with E-state index >= 15 is 0 Å². The van der Waals surface area contributed by atoms with E-state index in [1.807, 2.05) is 0 Å². The summed E-state index contributed by atoms with van der Waals surface area (Å²) in [6, 6.07) is 0. The largest absolute Gasteiger partial charge is 0.471 e. The maximum absolute atomic E-state index is 10.9. The Morgan fingerprint density at radius 2 is 1.50 bits per heavy atom. The molecule has 0 rings (SSSR count). The maximum Gasteiger partial charge on any atom is 0.471 e. The van der Waals surface area contributed by atoms with Gasteiger partial charge < -0.3 is 4.89 Å². The van der Waals surface area contributed by atoms with E-state index in [0.717, 1.165) is 12.8 Å². The van der Waals surface area contributed by atoms with Gasteiger partial charge in [-0.1, -0.05) is 51.9 Å². The molecule has 0 amide bonds. The summed E-state index contributed by atoms with van der Waals surface area (Å²) in [5.41, 5.74) is 0. The van der Waals surface area contributed by atoms with Crippen molar-refractivity contribution in [1.82, 2.24) is 0 Å². The van der Waals surface area contributed by atoms with Gasteiger partial charge in [0.15, 0.2) is 0 Å². The molecule has 0 aromatic carbocycles. The summed E-state index contributed by atoms with van der Waals surface area (Å²) in [6.07, 6.45) is 9.52. The van der Waals surface area contributed by atoms with Crippen molar-refractivity contribution < 1.29 is 18.5 Å². The van der Waals surface area contributed by atoms with Gasteiger partial charge in [0.1, 0.15) is 0 Å². The third-order valence-electron chi connectivity index (χ3n) is 2.48. The first-order chi connectivity index (χ1) is 7.62. The van der Waals surface area contributed by atoms with Crippen LogP contribution in [0, 0.1) is 0 Å². The fourth-order valence-corrected chi connectivity index (χ4v) is 1.93. The van der Waals surface area contributed by atoms with Crippen molar-refractivity contribution in [3.8, 4) is 0 Å². The topological polar surface area (TPSA) is 55.8 Å². The highest BCUT2D eigenvalue weighted by molar-refractivity contribution is 7.47. The predicted octanol–water partition coefficient (Wildman–Crippen LogP) is 3.89. The number of rotatable bonds is 11. The zero-order chi connectivity index (χ0) is 12.3. The van der Waals surface area contributed by atoms with Crippen molar-refractivity contribution in [3.05, 3.63) is 0 Å². The van der Waals surface area contributed by atoms with E-state index in [4.69, 9.17) is 9.42 Å². The van der Waals surface area contributed by atoms with Crippen molar-refractivity contribution in [1.29, 1.82) is 0 Å². The Kier molecular flexibility index (Phi) is 10.3. The molecule has 0 aromatic heterocycles. The van der Waals surface area contributed by atoms with Crippen molar-refractivity contribution in [3.63, 3.8) is 0 Å². The molecule has 0 aliphatic heterocycles. The van der Waals surface area contributed by atoms with Crippen LogP contribution in [0.1, 0.15) is 58.3 Å². The summed E-state index contributed by atoms with van der Waals surface area (Å²) in [5.74, 6) is 0. The summed E-state index contributed by atoms with van der Waals surface area (Å²) < 4.78 is 19.9. The zero-order valence-electron chi connectivity index (χ0n) is 10.5. The lowest BCUT2D eigenvalue weighted by Gasteiger charge is -2.08. The summed E-state index contributed by atoms with van der Waals surface area (Å²) >= 11 is 0. The Hall–Kier alpha value is 0.110. The van der Waals surface area contributed by atoms with Gasteiger partial charge in [-0.3, -0.25) is 9.05 Å². The zero-order valence-corrected chi connectivity index (χ0v) is 11.4. The van der Waals surface area contributed by atoms with E-state index in [0.29, 0.717) is 6.61 Å². The molecule has 0 aromatic rings. The minimum absolute atomic E-state index is 0.302. The lowest BCUT2D eigenvalue weighted by molar-refractivity contribution is 0.170. The van der Waals surface area contributed by atoms with Gasteiger partial charge in [0.25, 0.3) is 0 Å². The van der Waals surface area contributed by atoms with Crippen molar-refractivity contribution >= 4 is 7.82 Å². The van der Waals surface area contributed by atoms with E-state index in [1.54, 1.807) is 0 Å². The summed E-state index contributed by atoms with van der Waals surface area (Å²) in [7, 11) is -2.57. The van der Waals surface area contributed by atoms with Gasteiger partial charge in [-0.2, -0.15) is 0 Å². The van der Waals surface area contributed by atoms with Crippen LogP contribution in [0.2, 0.25) is 0 Å². The molecule has 98 valence electrons. The molecule has 16 heavy (non-hydrogen) atoms. The fourth-order valence-electron chi connectivity index (χ4n) is 1.47. The average Bonchev–Trinajstić information content (AvgIpc) is 2.27. The Bertz CT molecular complexity index is 196. The molecule has 4 nitrogen and oxygen atoms in total. The van der Waals surface area contributed by atoms with Crippen LogP contribution in [0.4, 0.5) is 0 Å². The van der Waals surface area contributed by atoms with E-state index in [-0.39, 0.29) is 0 Å². The number of unbranched alkanes of at least 4 members (excludes halogenated alkanes) is 7. The van der Waals surface area contributed by atoms with Gasteiger partial charge in [0.05, 0.1) is 6.61 Å². The molecule has 0 saturated carbocycles.